The smallest absolute Gasteiger partial charge is 0.407 e. The molecule has 3 N–H and O–H groups in total. The van der Waals surface area contributed by atoms with Crippen molar-refractivity contribution in [3.63, 3.8) is 0 Å². The fourth-order valence-corrected chi connectivity index (χ4v) is 3.23. The summed E-state index contributed by atoms with van der Waals surface area (Å²) in [6, 6.07) is 13.8. The van der Waals surface area contributed by atoms with Crippen molar-refractivity contribution in [3.8, 4) is 11.5 Å². The maximum absolute atomic E-state index is 12.0. The van der Waals surface area contributed by atoms with Crippen molar-refractivity contribution in [3.05, 3.63) is 59.2 Å². The molecule has 0 saturated carbocycles. The molecule has 0 radical (unpaired) electrons. The van der Waals surface area contributed by atoms with Crippen molar-refractivity contribution in [1.29, 1.82) is 0 Å². The highest BCUT2D eigenvalue weighted by Crippen LogP contribution is 2.33. The number of amides is 1. The van der Waals surface area contributed by atoms with Gasteiger partial charge < -0.3 is 24.8 Å². The summed E-state index contributed by atoms with van der Waals surface area (Å²) >= 11 is 0. The minimum Gasteiger partial charge on any atom is -0.493 e. The van der Waals surface area contributed by atoms with Gasteiger partial charge in [0, 0.05) is 12.0 Å². The van der Waals surface area contributed by atoms with Crippen LogP contribution in [-0.4, -0.2) is 33.4 Å². The Bertz CT molecular complexity index is 749. The maximum Gasteiger partial charge on any atom is 0.407 e. The third-order valence-corrected chi connectivity index (χ3v) is 4.59. The van der Waals surface area contributed by atoms with E-state index >= 15 is 0 Å². The Kier molecular flexibility index (Phi) is 5.96. The van der Waals surface area contributed by atoms with Gasteiger partial charge in [-0.2, -0.15) is 0 Å². The number of nitrogens with one attached hydrogen (secondary N) is 1. The first-order chi connectivity index (χ1) is 12.7. The fraction of sp³-hybridized carbons (Fsp3) is 0.350. The molecule has 138 valence electrons. The van der Waals surface area contributed by atoms with Gasteiger partial charge in [-0.05, 0) is 23.3 Å². The first-order valence-corrected chi connectivity index (χ1v) is 8.74. The minimum atomic E-state index is -0.408. The number of hydrogen-bond donors (Lipinski definition) is 2. The molecule has 2 aromatic carbocycles. The van der Waals surface area contributed by atoms with Crippen molar-refractivity contribution in [1.82, 2.24) is 5.32 Å². The van der Waals surface area contributed by atoms with Gasteiger partial charge in [-0.25, -0.2) is 4.79 Å². The van der Waals surface area contributed by atoms with E-state index in [1.807, 2.05) is 42.5 Å². The number of quaternary nitrogens is 1. The second-order valence-corrected chi connectivity index (χ2v) is 6.23. The van der Waals surface area contributed by atoms with Crippen molar-refractivity contribution in [2.45, 2.75) is 19.1 Å². The van der Waals surface area contributed by atoms with Gasteiger partial charge in [0.15, 0.2) is 11.5 Å². The van der Waals surface area contributed by atoms with Crippen LogP contribution in [0.2, 0.25) is 0 Å². The molecule has 0 fully saturated rings. The maximum atomic E-state index is 12.0. The van der Waals surface area contributed by atoms with E-state index in [4.69, 9.17) is 14.2 Å². The molecule has 0 aliphatic carbocycles. The Morgan fingerprint density at radius 2 is 1.88 bits per heavy atom. The van der Waals surface area contributed by atoms with E-state index in [1.54, 1.807) is 14.2 Å². The molecule has 0 saturated heterocycles. The van der Waals surface area contributed by atoms with E-state index in [0.29, 0.717) is 12.3 Å². The lowest BCUT2D eigenvalue weighted by atomic mass is 9.93. The molecule has 0 bridgehead atoms. The second-order valence-electron chi connectivity index (χ2n) is 6.23. The first-order valence-electron chi connectivity index (χ1n) is 8.74. The summed E-state index contributed by atoms with van der Waals surface area (Å²) < 4.78 is 16.1. The van der Waals surface area contributed by atoms with Crippen LogP contribution < -0.4 is 20.1 Å². The monoisotopic (exact) mass is 357 g/mol. The van der Waals surface area contributed by atoms with Crippen molar-refractivity contribution >= 4 is 6.09 Å². The van der Waals surface area contributed by atoms with E-state index in [1.165, 1.54) is 5.56 Å². The van der Waals surface area contributed by atoms with Crippen molar-refractivity contribution < 1.29 is 24.3 Å². The van der Waals surface area contributed by atoms with Crippen LogP contribution >= 0.6 is 0 Å². The number of methoxy groups -OCH3 is 2. The molecule has 26 heavy (non-hydrogen) atoms. The average molecular weight is 357 g/mol. The van der Waals surface area contributed by atoms with Crippen molar-refractivity contribution in [2.24, 2.45) is 0 Å². The molecule has 3 rings (SSSR count). The molecule has 1 atom stereocenters. The molecular weight excluding hydrogens is 332 g/mol. The van der Waals surface area contributed by atoms with E-state index in [9.17, 15) is 4.79 Å². The summed E-state index contributed by atoms with van der Waals surface area (Å²) in [5, 5.41) is 5.09. The van der Waals surface area contributed by atoms with E-state index in [0.717, 1.165) is 29.8 Å². The largest absolute Gasteiger partial charge is 0.493 e. The normalized spacial score (nSPS) is 15.7. The summed E-state index contributed by atoms with van der Waals surface area (Å²) in [5.74, 6) is 1.44. The molecule has 0 aromatic heterocycles. The zero-order valence-corrected chi connectivity index (χ0v) is 15.2. The van der Waals surface area contributed by atoms with Crippen LogP contribution in [-0.2, 0) is 17.8 Å². The zero-order valence-electron chi connectivity index (χ0n) is 15.2. The summed E-state index contributed by atoms with van der Waals surface area (Å²) in [4.78, 5) is 12.0. The van der Waals surface area contributed by atoms with Crippen LogP contribution in [0.5, 0.6) is 11.5 Å². The number of carbonyl (C=O) groups excluding carboxylic acids is 1. The quantitative estimate of drug-likeness (QED) is 0.827. The molecule has 1 heterocycles. The number of ether oxygens (including phenoxy) is 3. The Balaban J connectivity index is 1.60. The first kappa shape index (κ1) is 18.1. The van der Waals surface area contributed by atoms with E-state index in [2.05, 4.69) is 10.6 Å². The van der Waals surface area contributed by atoms with Crippen LogP contribution in [0.4, 0.5) is 4.79 Å². The lowest BCUT2D eigenvalue weighted by Crippen LogP contribution is -2.88. The lowest BCUT2D eigenvalue weighted by Gasteiger charge is -2.25. The van der Waals surface area contributed by atoms with Gasteiger partial charge in [0.25, 0.3) is 0 Å². The Labute approximate surface area is 153 Å². The number of benzene rings is 2. The molecule has 2 aromatic rings. The van der Waals surface area contributed by atoms with Gasteiger partial charge in [-0.15, -0.1) is 0 Å². The van der Waals surface area contributed by atoms with Crippen molar-refractivity contribution in [2.75, 3.05) is 27.3 Å². The average Bonchev–Trinajstić information content (AvgIpc) is 2.70. The summed E-state index contributed by atoms with van der Waals surface area (Å²) in [6.07, 6.45) is 0.555. The molecule has 1 aliphatic rings. The standard InChI is InChI=1S/C20H24N2O4/c1-24-18-10-15-8-9-21-17(16(15)11-19(18)25-2)12-22-20(23)26-13-14-6-4-3-5-7-14/h3-7,10-11,17,21H,8-9,12-13H2,1-2H3,(H,22,23)/p+1/t17-/m1/s1. The van der Waals surface area contributed by atoms with Crippen LogP contribution in [0, 0.1) is 0 Å². The number of fused-ring (bicyclic) bond motifs is 1. The Morgan fingerprint density at radius 3 is 2.62 bits per heavy atom. The predicted octanol–water partition coefficient (Wildman–Crippen LogP) is 1.79. The summed E-state index contributed by atoms with van der Waals surface area (Å²) in [5.41, 5.74) is 3.36. The third-order valence-electron chi connectivity index (χ3n) is 4.59. The summed E-state index contributed by atoms with van der Waals surface area (Å²) in [6.45, 7) is 1.73. The van der Waals surface area contributed by atoms with E-state index in [-0.39, 0.29) is 12.6 Å². The van der Waals surface area contributed by atoms with E-state index < -0.39 is 6.09 Å². The Morgan fingerprint density at radius 1 is 1.15 bits per heavy atom. The SMILES string of the molecule is COc1cc2c(cc1OC)[C@@H](CNC(=O)OCc1ccccc1)[NH2+]CC2. The third kappa shape index (κ3) is 4.26. The van der Waals surface area contributed by atoms with Gasteiger partial charge >= 0.3 is 6.09 Å². The highest BCUT2D eigenvalue weighted by Gasteiger charge is 2.26. The van der Waals surface area contributed by atoms with Gasteiger partial charge in [0.1, 0.15) is 12.6 Å². The number of nitrogens with two attached hydrogens (primary N) is 1. The fourth-order valence-electron chi connectivity index (χ4n) is 3.23. The minimum absolute atomic E-state index is 0.128. The second kappa shape index (κ2) is 8.58. The molecule has 6 heteroatoms. The molecule has 0 unspecified atom stereocenters. The van der Waals surface area contributed by atoms with Crippen LogP contribution in [0.25, 0.3) is 0 Å². The topological polar surface area (TPSA) is 73.4 Å². The van der Waals surface area contributed by atoms with Crippen LogP contribution in [0.1, 0.15) is 22.7 Å². The van der Waals surface area contributed by atoms with Gasteiger partial charge in [-0.1, -0.05) is 30.3 Å². The lowest BCUT2D eigenvalue weighted by molar-refractivity contribution is -0.697. The highest BCUT2D eigenvalue weighted by atomic mass is 16.5. The van der Waals surface area contributed by atoms with Gasteiger partial charge in [0.05, 0.1) is 27.3 Å². The van der Waals surface area contributed by atoms with Gasteiger partial charge in [0.2, 0.25) is 0 Å². The number of rotatable bonds is 6. The highest BCUT2D eigenvalue weighted by molar-refractivity contribution is 5.67. The molecule has 1 aliphatic heterocycles. The molecule has 0 spiro atoms. The van der Waals surface area contributed by atoms with Gasteiger partial charge in [-0.3, -0.25) is 0 Å². The number of alkyl carbamates (subject to hydrolysis) is 1. The Hall–Kier alpha value is -2.73. The van der Waals surface area contributed by atoms with Crippen LogP contribution in [0.15, 0.2) is 42.5 Å². The number of hydrogen-bond acceptors (Lipinski definition) is 4. The molecular formula is C20H25N2O4+. The summed E-state index contributed by atoms with van der Waals surface area (Å²) in [7, 11) is 3.27. The van der Waals surface area contributed by atoms with Crippen LogP contribution in [0.3, 0.4) is 0 Å². The zero-order chi connectivity index (χ0) is 18.4. The number of carbonyl (C=O) groups is 1. The molecule has 6 nitrogen and oxygen atoms in total. The predicted molar refractivity (Wildman–Crippen MR) is 97.4 cm³/mol. The molecule has 1 amide bonds.